The summed E-state index contributed by atoms with van der Waals surface area (Å²) in [5.74, 6) is 1.55. The summed E-state index contributed by atoms with van der Waals surface area (Å²) in [6.45, 7) is 9.45. The molecule has 1 aliphatic heterocycles. The number of amides is 1. The second-order valence-corrected chi connectivity index (χ2v) is 7.29. The first kappa shape index (κ1) is 18.4. The molecule has 0 aliphatic carbocycles. The summed E-state index contributed by atoms with van der Waals surface area (Å²) in [6.07, 6.45) is 1.67. The summed E-state index contributed by atoms with van der Waals surface area (Å²) in [6, 6.07) is 12.5. The Morgan fingerprint density at radius 1 is 1.00 bits per heavy atom. The van der Waals surface area contributed by atoms with Crippen LogP contribution in [0.1, 0.15) is 32.8 Å². The minimum atomic E-state index is 0.261. The Morgan fingerprint density at radius 2 is 1.69 bits per heavy atom. The molecule has 1 aliphatic rings. The molecule has 2 heterocycles. The third kappa shape index (κ3) is 4.40. The van der Waals surface area contributed by atoms with Crippen LogP contribution in [0.3, 0.4) is 0 Å². The smallest absolute Gasteiger partial charge is 0.222 e. The van der Waals surface area contributed by atoms with E-state index in [0.717, 1.165) is 49.7 Å². The number of benzene rings is 1. The zero-order valence-corrected chi connectivity index (χ0v) is 16.0. The second kappa shape index (κ2) is 8.30. The molecule has 0 atom stereocenters. The predicted molar refractivity (Wildman–Crippen MR) is 105 cm³/mol. The molecule has 1 aromatic heterocycles. The second-order valence-electron chi connectivity index (χ2n) is 7.29. The van der Waals surface area contributed by atoms with E-state index in [1.54, 1.807) is 0 Å². The van der Waals surface area contributed by atoms with Crippen molar-refractivity contribution in [3.63, 3.8) is 0 Å². The largest absolute Gasteiger partial charge is 0.352 e. The third-order valence-electron chi connectivity index (χ3n) is 4.85. The van der Waals surface area contributed by atoms with Crippen LogP contribution < -0.4 is 4.90 Å². The lowest BCUT2D eigenvalue weighted by Crippen LogP contribution is -2.49. The third-order valence-corrected chi connectivity index (χ3v) is 4.85. The Bertz CT molecular complexity index is 717. The number of aromatic nitrogens is 2. The van der Waals surface area contributed by atoms with Crippen LogP contribution in [0.4, 0.5) is 5.82 Å². The van der Waals surface area contributed by atoms with E-state index in [0.29, 0.717) is 12.3 Å². The van der Waals surface area contributed by atoms with E-state index in [-0.39, 0.29) is 5.91 Å². The van der Waals surface area contributed by atoms with Crippen LogP contribution in [0.2, 0.25) is 0 Å². The van der Waals surface area contributed by atoms with Crippen LogP contribution in [0.5, 0.6) is 0 Å². The molecule has 1 fully saturated rings. The number of nitrogens with zero attached hydrogens (tertiary/aromatic N) is 4. The number of aryl methyl sites for hydroxylation is 1. The van der Waals surface area contributed by atoms with Gasteiger partial charge in [-0.2, -0.15) is 0 Å². The molecule has 26 heavy (non-hydrogen) atoms. The van der Waals surface area contributed by atoms with E-state index in [9.17, 15) is 4.79 Å². The van der Waals surface area contributed by atoms with Crippen LogP contribution in [0, 0.1) is 5.92 Å². The number of carbonyl (C=O) groups is 1. The highest BCUT2D eigenvalue weighted by atomic mass is 16.2. The first-order valence-corrected chi connectivity index (χ1v) is 9.52. The Labute approximate surface area is 156 Å². The molecule has 1 amide bonds. The van der Waals surface area contributed by atoms with E-state index < -0.39 is 0 Å². The van der Waals surface area contributed by atoms with Gasteiger partial charge in [-0.05, 0) is 30.0 Å². The molecule has 5 nitrogen and oxygen atoms in total. The summed E-state index contributed by atoms with van der Waals surface area (Å²) in [4.78, 5) is 16.3. The molecule has 0 bridgehead atoms. The number of carbonyl (C=O) groups excluding carboxylic acids is 1. The van der Waals surface area contributed by atoms with Crippen LogP contribution in [-0.4, -0.2) is 47.2 Å². The Balaban J connectivity index is 1.60. The fourth-order valence-electron chi connectivity index (χ4n) is 3.22. The van der Waals surface area contributed by atoms with Crippen molar-refractivity contribution in [2.45, 2.75) is 33.6 Å². The first-order chi connectivity index (χ1) is 12.6. The van der Waals surface area contributed by atoms with Gasteiger partial charge in [-0.3, -0.25) is 4.79 Å². The Morgan fingerprint density at radius 3 is 2.23 bits per heavy atom. The van der Waals surface area contributed by atoms with Crippen LogP contribution in [-0.2, 0) is 11.2 Å². The molecule has 3 rings (SSSR count). The summed E-state index contributed by atoms with van der Waals surface area (Å²) in [7, 11) is 0. The zero-order chi connectivity index (χ0) is 18.5. The highest BCUT2D eigenvalue weighted by molar-refractivity contribution is 5.76. The van der Waals surface area contributed by atoms with Crippen molar-refractivity contribution < 1.29 is 4.79 Å². The van der Waals surface area contributed by atoms with Gasteiger partial charge in [-0.15, -0.1) is 10.2 Å². The predicted octanol–water partition coefficient (Wildman–Crippen LogP) is 3.40. The normalized spacial score (nSPS) is 14.8. The lowest BCUT2D eigenvalue weighted by Gasteiger charge is -2.35. The van der Waals surface area contributed by atoms with Crippen molar-refractivity contribution in [1.29, 1.82) is 0 Å². The zero-order valence-electron chi connectivity index (χ0n) is 16.0. The van der Waals surface area contributed by atoms with Crippen LogP contribution in [0.15, 0.2) is 36.4 Å². The van der Waals surface area contributed by atoms with Gasteiger partial charge in [-0.1, -0.05) is 45.0 Å². The highest BCUT2D eigenvalue weighted by Gasteiger charge is 2.22. The van der Waals surface area contributed by atoms with Crippen LogP contribution >= 0.6 is 0 Å². The van der Waals surface area contributed by atoms with E-state index >= 15 is 0 Å². The fourth-order valence-corrected chi connectivity index (χ4v) is 3.22. The summed E-state index contributed by atoms with van der Waals surface area (Å²) in [5.41, 5.74) is 3.30. The lowest BCUT2D eigenvalue weighted by molar-refractivity contribution is -0.132. The average molecular weight is 352 g/mol. The van der Waals surface area contributed by atoms with E-state index in [1.807, 2.05) is 17.0 Å². The van der Waals surface area contributed by atoms with Crippen molar-refractivity contribution in [1.82, 2.24) is 15.1 Å². The fraction of sp³-hybridized carbons (Fsp3) is 0.476. The molecule has 1 aromatic carbocycles. The van der Waals surface area contributed by atoms with E-state index in [4.69, 9.17) is 0 Å². The van der Waals surface area contributed by atoms with Gasteiger partial charge >= 0.3 is 0 Å². The minimum absolute atomic E-state index is 0.261. The van der Waals surface area contributed by atoms with E-state index in [1.165, 1.54) is 5.56 Å². The lowest BCUT2D eigenvalue weighted by atomic mass is 10.1. The highest BCUT2D eigenvalue weighted by Crippen LogP contribution is 2.20. The van der Waals surface area contributed by atoms with Gasteiger partial charge in [0.1, 0.15) is 0 Å². The van der Waals surface area contributed by atoms with Gasteiger partial charge < -0.3 is 9.80 Å². The summed E-state index contributed by atoms with van der Waals surface area (Å²) >= 11 is 0. The molecule has 5 heteroatoms. The molecule has 138 valence electrons. The minimum Gasteiger partial charge on any atom is -0.352 e. The van der Waals surface area contributed by atoms with Gasteiger partial charge in [0.05, 0.1) is 5.69 Å². The SMILES string of the molecule is CCc1ccc(-c2ccc(N3CCN(C(=O)CC(C)C)CC3)nn2)cc1. The number of anilines is 1. The van der Waals surface area contributed by atoms with Gasteiger partial charge in [0.25, 0.3) is 0 Å². The standard InChI is InChI=1S/C21H28N4O/c1-4-17-5-7-18(8-6-17)19-9-10-20(23-22-19)24-11-13-25(14-12-24)21(26)15-16(2)3/h5-10,16H,4,11-15H2,1-3H3. The number of hydrogen-bond donors (Lipinski definition) is 0. The molecule has 0 spiro atoms. The maximum atomic E-state index is 12.2. The van der Waals surface area contributed by atoms with Crippen molar-refractivity contribution in [3.8, 4) is 11.3 Å². The number of rotatable bonds is 5. The van der Waals surface area contributed by atoms with Crippen LogP contribution in [0.25, 0.3) is 11.3 Å². The topological polar surface area (TPSA) is 49.3 Å². The maximum Gasteiger partial charge on any atom is 0.222 e. The van der Waals surface area contributed by atoms with Gasteiger partial charge in [-0.25, -0.2) is 0 Å². The number of piperazine rings is 1. The summed E-state index contributed by atoms with van der Waals surface area (Å²) in [5, 5.41) is 8.81. The quantitative estimate of drug-likeness (QED) is 0.827. The Kier molecular flexibility index (Phi) is 5.86. The van der Waals surface area contributed by atoms with Gasteiger partial charge in [0.2, 0.25) is 5.91 Å². The van der Waals surface area contributed by atoms with Crippen molar-refractivity contribution in [2.75, 3.05) is 31.1 Å². The molecule has 0 saturated carbocycles. The molecular weight excluding hydrogens is 324 g/mol. The summed E-state index contributed by atoms with van der Waals surface area (Å²) < 4.78 is 0. The Hall–Kier alpha value is -2.43. The molecular formula is C21H28N4O. The molecule has 0 unspecified atom stereocenters. The number of hydrogen-bond acceptors (Lipinski definition) is 4. The maximum absolute atomic E-state index is 12.2. The molecule has 1 saturated heterocycles. The van der Waals surface area contributed by atoms with Crippen molar-refractivity contribution in [3.05, 3.63) is 42.0 Å². The first-order valence-electron chi connectivity index (χ1n) is 9.52. The van der Waals surface area contributed by atoms with Crippen molar-refractivity contribution >= 4 is 11.7 Å². The molecule has 0 radical (unpaired) electrons. The molecule has 2 aromatic rings. The molecule has 0 N–H and O–H groups in total. The average Bonchev–Trinajstić information content (AvgIpc) is 2.68. The van der Waals surface area contributed by atoms with Crippen molar-refractivity contribution in [2.24, 2.45) is 5.92 Å². The van der Waals surface area contributed by atoms with Gasteiger partial charge in [0, 0.05) is 38.2 Å². The van der Waals surface area contributed by atoms with Gasteiger partial charge in [0.15, 0.2) is 5.82 Å². The monoisotopic (exact) mass is 352 g/mol. The van der Waals surface area contributed by atoms with E-state index in [2.05, 4.69) is 60.1 Å².